The third-order valence-electron chi connectivity index (χ3n) is 6.74. The average Bonchev–Trinajstić information content (AvgIpc) is 3.19. The van der Waals surface area contributed by atoms with Gasteiger partial charge >= 0.3 is 12.0 Å². The maximum Gasteiger partial charge on any atom is 0.519 e. The Balaban J connectivity index is 1.53. The largest absolute Gasteiger partial charge is 0.519 e. The van der Waals surface area contributed by atoms with Gasteiger partial charge in [0, 0.05) is 25.2 Å². The molecule has 1 aliphatic rings. The Bertz CT molecular complexity index is 1440. The van der Waals surface area contributed by atoms with Crippen LogP contribution in [0.5, 0.6) is 0 Å². The summed E-state index contributed by atoms with van der Waals surface area (Å²) in [6.07, 6.45) is -0.0572. The fraction of sp³-hybridized carbons (Fsp3) is 0.433. The number of halogens is 1. The van der Waals surface area contributed by atoms with E-state index in [0.717, 1.165) is 40.9 Å². The molecule has 0 unspecified atom stereocenters. The normalized spacial score (nSPS) is 13.1. The monoisotopic (exact) mass is 554 g/mol. The Hall–Kier alpha value is -4.08. The van der Waals surface area contributed by atoms with Crippen LogP contribution < -0.4 is 15.6 Å². The molecule has 1 amide bonds. The van der Waals surface area contributed by atoms with Crippen LogP contribution in [0.25, 0.3) is 0 Å². The zero-order valence-corrected chi connectivity index (χ0v) is 23.8. The van der Waals surface area contributed by atoms with E-state index >= 15 is 0 Å². The molecule has 2 aromatic carbocycles. The standard InChI is InChI=1S/C30H35FN2O7/c1-18-11-24(32-10-9-21-13-23(31)8-7-22(21)15-32)12-19(2)27(18)33(26(34)14-30(4,5)6)17-38-28(35)37-16-25-20(3)39-29(36)40-25/h7-8,11-13H,9-10,14-17H2,1-6H3. The average molecular weight is 555 g/mol. The summed E-state index contributed by atoms with van der Waals surface area (Å²) in [4.78, 5) is 40.7. The predicted octanol–water partition coefficient (Wildman–Crippen LogP) is 5.94. The van der Waals surface area contributed by atoms with Crippen molar-refractivity contribution in [3.63, 3.8) is 0 Å². The lowest BCUT2D eigenvalue weighted by atomic mass is 9.91. The molecule has 0 radical (unpaired) electrons. The molecule has 0 saturated carbocycles. The van der Waals surface area contributed by atoms with E-state index in [-0.39, 0.29) is 48.4 Å². The first-order valence-electron chi connectivity index (χ1n) is 13.1. The molecule has 4 rings (SSSR count). The van der Waals surface area contributed by atoms with Crippen LogP contribution in [0, 0.1) is 32.0 Å². The van der Waals surface area contributed by atoms with Gasteiger partial charge in [0.2, 0.25) is 5.91 Å². The van der Waals surface area contributed by atoms with Crippen molar-refractivity contribution in [2.75, 3.05) is 23.1 Å². The highest BCUT2D eigenvalue weighted by Crippen LogP contribution is 2.34. The maximum absolute atomic E-state index is 13.7. The van der Waals surface area contributed by atoms with Crippen molar-refractivity contribution in [1.82, 2.24) is 0 Å². The van der Waals surface area contributed by atoms with Crippen molar-refractivity contribution >= 4 is 23.4 Å². The van der Waals surface area contributed by atoms with Gasteiger partial charge in [0.1, 0.15) is 5.82 Å². The zero-order valence-electron chi connectivity index (χ0n) is 23.8. The van der Waals surface area contributed by atoms with Gasteiger partial charge in [0.25, 0.3) is 0 Å². The van der Waals surface area contributed by atoms with Crippen molar-refractivity contribution in [3.8, 4) is 0 Å². The molecule has 214 valence electrons. The minimum atomic E-state index is -1.02. The minimum absolute atomic E-state index is 0.0790. The number of hydrogen-bond acceptors (Lipinski definition) is 8. The highest BCUT2D eigenvalue weighted by atomic mass is 19.1. The molecule has 0 N–H and O–H groups in total. The fourth-order valence-corrected chi connectivity index (χ4v) is 4.88. The van der Waals surface area contributed by atoms with Crippen LogP contribution in [-0.2, 0) is 33.8 Å². The van der Waals surface area contributed by atoms with Gasteiger partial charge in [-0.25, -0.2) is 14.0 Å². The summed E-state index contributed by atoms with van der Waals surface area (Å²) in [6.45, 7) is 11.9. The maximum atomic E-state index is 13.7. The molecule has 40 heavy (non-hydrogen) atoms. The number of hydrogen-bond donors (Lipinski definition) is 0. The first kappa shape index (κ1) is 28.9. The second-order valence-corrected chi connectivity index (χ2v) is 11.3. The second-order valence-electron chi connectivity index (χ2n) is 11.3. The van der Waals surface area contributed by atoms with Gasteiger partial charge in [0.05, 0.1) is 5.69 Å². The summed E-state index contributed by atoms with van der Waals surface area (Å²) < 4.78 is 33.6. The number of anilines is 2. The van der Waals surface area contributed by atoms with Crippen LogP contribution in [0.3, 0.4) is 0 Å². The van der Waals surface area contributed by atoms with E-state index in [2.05, 4.69) is 4.90 Å². The molecule has 0 atom stereocenters. The number of amides is 1. The molecular weight excluding hydrogens is 519 g/mol. The van der Waals surface area contributed by atoms with Crippen molar-refractivity contribution in [1.29, 1.82) is 0 Å². The van der Waals surface area contributed by atoms with E-state index in [0.29, 0.717) is 12.2 Å². The third kappa shape index (κ3) is 6.91. The van der Waals surface area contributed by atoms with E-state index in [9.17, 15) is 18.8 Å². The highest BCUT2D eigenvalue weighted by Gasteiger charge is 2.27. The summed E-state index contributed by atoms with van der Waals surface area (Å²) in [7, 11) is 0. The van der Waals surface area contributed by atoms with Gasteiger partial charge in [-0.3, -0.25) is 9.69 Å². The van der Waals surface area contributed by atoms with E-state index in [1.165, 1.54) is 17.9 Å². The lowest BCUT2D eigenvalue weighted by molar-refractivity contribution is -0.121. The Kier molecular flexibility index (Phi) is 8.37. The van der Waals surface area contributed by atoms with Gasteiger partial charge in [-0.05, 0) is 79.1 Å². The number of benzene rings is 2. The molecule has 0 spiro atoms. The first-order chi connectivity index (χ1) is 18.8. The summed E-state index contributed by atoms with van der Waals surface area (Å²) in [5.74, 6) is -1.03. The topological polar surface area (TPSA) is 102 Å². The van der Waals surface area contributed by atoms with E-state index in [1.807, 2.05) is 52.8 Å². The number of fused-ring (bicyclic) bond motifs is 1. The summed E-state index contributed by atoms with van der Waals surface area (Å²) in [5.41, 5.74) is 5.15. The SMILES string of the molecule is Cc1cc(N2CCc3cc(F)ccc3C2)cc(C)c1N(COC(=O)OCc1oc(=O)oc1C)C(=O)CC(C)(C)C. The highest BCUT2D eigenvalue weighted by molar-refractivity contribution is 5.95. The summed E-state index contributed by atoms with van der Waals surface area (Å²) >= 11 is 0. The number of carbonyl (C=O) groups is 2. The number of rotatable bonds is 7. The van der Waals surface area contributed by atoms with Crippen molar-refractivity contribution in [2.24, 2.45) is 5.41 Å². The van der Waals surface area contributed by atoms with Crippen molar-refractivity contribution < 1.29 is 32.3 Å². The van der Waals surface area contributed by atoms with Crippen molar-refractivity contribution in [3.05, 3.63) is 80.5 Å². The molecule has 0 bridgehead atoms. The van der Waals surface area contributed by atoms with Crippen LogP contribution in [0.4, 0.5) is 20.6 Å². The number of ether oxygens (including phenoxy) is 2. The number of nitrogens with zero attached hydrogens (tertiary/aromatic N) is 2. The zero-order chi connectivity index (χ0) is 29.2. The van der Waals surface area contributed by atoms with Gasteiger partial charge < -0.3 is 23.2 Å². The van der Waals surface area contributed by atoms with E-state index in [1.54, 1.807) is 6.07 Å². The Morgan fingerprint density at radius 3 is 2.35 bits per heavy atom. The van der Waals surface area contributed by atoms with Crippen LogP contribution in [0.15, 0.2) is 44.0 Å². The van der Waals surface area contributed by atoms with E-state index < -0.39 is 12.0 Å². The molecule has 3 aromatic rings. The van der Waals surface area contributed by atoms with Crippen LogP contribution in [-0.4, -0.2) is 25.3 Å². The molecule has 2 heterocycles. The third-order valence-corrected chi connectivity index (χ3v) is 6.74. The predicted molar refractivity (Wildman–Crippen MR) is 147 cm³/mol. The quantitative estimate of drug-likeness (QED) is 0.261. The molecule has 0 fully saturated rings. The Labute approximate surface area is 232 Å². The van der Waals surface area contributed by atoms with Crippen LogP contribution in [0.2, 0.25) is 0 Å². The number of carbonyl (C=O) groups excluding carboxylic acids is 2. The number of aryl methyl sites for hydroxylation is 3. The molecule has 1 aromatic heterocycles. The van der Waals surface area contributed by atoms with Gasteiger partial charge in [-0.15, -0.1) is 0 Å². The van der Waals surface area contributed by atoms with Crippen LogP contribution in [0.1, 0.15) is 61.0 Å². The Morgan fingerprint density at radius 2 is 1.73 bits per heavy atom. The fourth-order valence-electron chi connectivity index (χ4n) is 4.88. The second kappa shape index (κ2) is 11.6. The molecule has 0 saturated heterocycles. The van der Waals surface area contributed by atoms with E-state index in [4.69, 9.17) is 18.3 Å². The van der Waals surface area contributed by atoms with Crippen molar-refractivity contribution in [2.45, 2.75) is 67.5 Å². The molecular formula is C30H35FN2O7. The van der Waals surface area contributed by atoms with Gasteiger partial charge in [-0.1, -0.05) is 26.8 Å². The molecule has 9 nitrogen and oxygen atoms in total. The van der Waals surface area contributed by atoms with Crippen LogP contribution >= 0.6 is 0 Å². The summed E-state index contributed by atoms with van der Waals surface area (Å²) in [5, 5.41) is 0. The summed E-state index contributed by atoms with van der Waals surface area (Å²) in [6, 6.07) is 8.93. The minimum Gasteiger partial charge on any atom is -0.426 e. The smallest absolute Gasteiger partial charge is 0.426 e. The lowest BCUT2D eigenvalue weighted by Gasteiger charge is -2.33. The molecule has 0 aliphatic carbocycles. The Morgan fingerprint density at radius 1 is 1.02 bits per heavy atom. The molecule has 10 heteroatoms. The van der Waals surface area contributed by atoms with Gasteiger partial charge in [0.15, 0.2) is 24.9 Å². The first-order valence-corrected chi connectivity index (χ1v) is 13.1. The van der Waals surface area contributed by atoms with Gasteiger partial charge in [-0.2, -0.15) is 0 Å². The molecule has 1 aliphatic heterocycles. The lowest BCUT2D eigenvalue weighted by Crippen LogP contribution is -2.37.